The zero-order valence-electron chi connectivity index (χ0n) is 20.3. The molecule has 0 saturated carbocycles. The van der Waals surface area contributed by atoms with Crippen LogP contribution in [0.5, 0.6) is 0 Å². The Morgan fingerprint density at radius 3 is 2.62 bits per heavy atom. The summed E-state index contributed by atoms with van der Waals surface area (Å²) in [5.41, 5.74) is 7.14. The number of rotatable bonds is 11. The van der Waals surface area contributed by atoms with E-state index in [-0.39, 0.29) is 22.4 Å². The number of nitrogens with zero attached hydrogens (tertiary/aromatic N) is 2. The average molecular weight is 529 g/mol. The summed E-state index contributed by atoms with van der Waals surface area (Å²) in [5, 5.41) is 16.8. The lowest BCUT2D eigenvalue weighted by Crippen LogP contribution is -2.11. The van der Waals surface area contributed by atoms with E-state index in [4.69, 9.17) is 15.0 Å². The van der Waals surface area contributed by atoms with Gasteiger partial charge in [-0.2, -0.15) is 0 Å². The van der Waals surface area contributed by atoms with Crippen molar-refractivity contribution in [3.05, 3.63) is 82.4 Å². The number of carbonyl (C=O) groups is 1. The molecule has 4 aromatic rings. The highest BCUT2D eigenvalue weighted by atomic mass is 32.1. The van der Waals surface area contributed by atoms with Gasteiger partial charge >= 0.3 is 0 Å². The molecule has 8 nitrogen and oxygen atoms in total. The predicted molar refractivity (Wildman–Crippen MR) is 136 cm³/mol. The number of hydrogen-bond acceptors (Lipinski definition) is 8. The molecule has 194 valence electrons. The summed E-state index contributed by atoms with van der Waals surface area (Å²) in [5.74, 6) is -1.18. The third-order valence-corrected chi connectivity index (χ3v) is 6.42. The Balaban J connectivity index is 1.49. The van der Waals surface area contributed by atoms with Crippen LogP contribution in [0, 0.1) is 18.6 Å². The number of thiophene rings is 1. The van der Waals surface area contributed by atoms with Crippen LogP contribution in [0.15, 0.2) is 47.0 Å². The van der Waals surface area contributed by atoms with Gasteiger partial charge in [0.1, 0.15) is 33.9 Å². The van der Waals surface area contributed by atoms with Gasteiger partial charge in [0.05, 0.1) is 30.4 Å². The van der Waals surface area contributed by atoms with Crippen LogP contribution in [0.3, 0.4) is 0 Å². The van der Waals surface area contributed by atoms with E-state index in [0.717, 1.165) is 17.0 Å². The molecule has 3 aromatic heterocycles. The minimum atomic E-state index is -0.791. The molecule has 0 spiro atoms. The molecule has 0 aliphatic carbocycles. The molecule has 4 N–H and O–H groups in total. The average Bonchev–Trinajstić information content (AvgIpc) is 3.42. The van der Waals surface area contributed by atoms with Crippen LogP contribution >= 0.6 is 11.3 Å². The molecule has 11 heteroatoms. The van der Waals surface area contributed by atoms with Crippen molar-refractivity contribution in [2.45, 2.75) is 39.4 Å². The zero-order chi connectivity index (χ0) is 26.5. The molecule has 0 fully saturated rings. The van der Waals surface area contributed by atoms with E-state index in [0.29, 0.717) is 47.5 Å². The van der Waals surface area contributed by atoms with E-state index >= 15 is 0 Å². The highest BCUT2D eigenvalue weighted by molar-refractivity contribution is 7.20. The van der Waals surface area contributed by atoms with Crippen molar-refractivity contribution in [2.24, 2.45) is 5.73 Å². The molecule has 1 aromatic carbocycles. The molecule has 0 aliphatic rings. The van der Waals surface area contributed by atoms with Crippen molar-refractivity contribution < 1.29 is 27.9 Å². The maximum atomic E-state index is 14.8. The number of aromatic nitrogens is 2. The SMILES string of the molecule is Cc1cc(COCCc2cccc(Nc3sc(-c4c(F)cc(CC(C)O)cc4F)cc3C(N)=O)n2)no1. The lowest BCUT2D eigenvalue weighted by molar-refractivity contribution is 0.100. The molecule has 3 heterocycles. The lowest BCUT2D eigenvalue weighted by Gasteiger charge is -2.09. The second kappa shape index (κ2) is 11.6. The predicted octanol–water partition coefficient (Wildman–Crippen LogP) is 4.91. The van der Waals surface area contributed by atoms with Gasteiger partial charge in [-0.15, -0.1) is 11.3 Å². The standard InChI is InChI=1S/C26H26F2N4O4S/c1-14(33)8-16-10-20(27)24(21(28)11-16)22-12-19(25(29)34)26(37-22)31-23-5-3-4-17(30-23)6-7-35-13-18-9-15(2)36-32-18/h3-5,9-12,14,33H,6-8,13H2,1-2H3,(H2,29,34)(H,30,31). The number of anilines is 2. The monoisotopic (exact) mass is 528 g/mol. The number of halogens is 2. The molecule has 1 unspecified atom stereocenters. The van der Waals surface area contributed by atoms with Crippen LogP contribution in [0.2, 0.25) is 0 Å². The van der Waals surface area contributed by atoms with E-state index in [1.54, 1.807) is 25.1 Å². The number of ether oxygens (including phenoxy) is 1. The summed E-state index contributed by atoms with van der Waals surface area (Å²) in [6.07, 6.45) is -0.0960. The van der Waals surface area contributed by atoms with Crippen molar-refractivity contribution in [1.82, 2.24) is 10.1 Å². The second-order valence-electron chi connectivity index (χ2n) is 8.58. The molecular weight excluding hydrogens is 502 g/mol. The number of hydrogen-bond donors (Lipinski definition) is 3. The van der Waals surface area contributed by atoms with E-state index in [9.17, 15) is 18.7 Å². The molecule has 1 amide bonds. The van der Waals surface area contributed by atoms with Gasteiger partial charge in [-0.1, -0.05) is 11.2 Å². The topological polar surface area (TPSA) is 123 Å². The normalized spacial score (nSPS) is 12.0. The van der Waals surface area contributed by atoms with Crippen LogP contribution in [0.4, 0.5) is 19.6 Å². The first-order chi connectivity index (χ1) is 17.7. The third-order valence-electron chi connectivity index (χ3n) is 5.35. The van der Waals surface area contributed by atoms with Gasteiger partial charge in [0.25, 0.3) is 5.91 Å². The van der Waals surface area contributed by atoms with Crippen LogP contribution in [0.25, 0.3) is 10.4 Å². The third kappa shape index (κ3) is 6.76. The molecule has 37 heavy (non-hydrogen) atoms. The highest BCUT2D eigenvalue weighted by Gasteiger charge is 2.21. The summed E-state index contributed by atoms with van der Waals surface area (Å²) >= 11 is 0.989. The molecule has 0 radical (unpaired) electrons. The number of nitrogens with two attached hydrogens (primary N) is 1. The Kier molecular flexibility index (Phi) is 8.27. The minimum absolute atomic E-state index is 0.0882. The number of aliphatic hydroxyl groups excluding tert-OH is 1. The van der Waals surface area contributed by atoms with Gasteiger partial charge in [0.15, 0.2) is 0 Å². The van der Waals surface area contributed by atoms with E-state index in [1.165, 1.54) is 25.1 Å². The van der Waals surface area contributed by atoms with Gasteiger partial charge in [0, 0.05) is 23.1 Å². The Morgan fingerprint density at radius 2 is 1.97 bits per heavy atom. The maximum Gasteiger partial charge on any atom is 0.251 e. The number of nitrogens with one attached hydrogen (secondary N) is 1. The lowest BCUT2D eigenvalue weighted by atomic mass is 10.0. The molecule has 0 saturated heterocycles. The van der Waals surface area contributed by atoms with Gasteiger partial charge in [-0.3, -0.25) is 4.79 Å². The van der Waals surface area contributed by atoms with E-state index in [1.807, 2.05) is 6.07 Å². The molecule has 0 aliphatic heterocycles. The Bertz CT molecular complexity index is 1380. The molecule has 0 bridgehead atoms. The van der Waals surface area contributed by atoms with Crippen molar-refractivity contribution in [3.8, 4) is 10.4 Å². The number of aliphatic hydroxyl groups is 1. The van der Waals surface area contributed by atoms with Crippen LogP contribution in [-0.2, 0) is 24.2 Å². The first-order valence-electron chi connectivity index (χ1n) is 11.5. The number of aryl methyl sites for hydroxylation is 1. The number of carbonyl (C=O) groups excluding carboxylic acids is 1. The number of benzene rings is 1. The number of pyridine rings is 1. The Morgan fingerprint density at radius 1 is 1.22 bits per heavy atom. The second-order valence-corrected chi connectivity index (χ2v) is 9.63. The fourth-order valence-corrected chi connectivity index (χ4v) is 4.87. The number of amides is 1. The maximum absolute atomic E-state index is 14.8. The van der Waals surface area contributed by atoms with Crippen LogP contribution < -0.4 is 11.1 Å². The summed E-state index contributed by atoms with van der Waals surface area (Å²) in [6.45, 7) is 4.07. The quantitative estimate of drug-likeness (QED) is 0.236. The summed E-state index contributed by atoms with van der Waals surface area (Å²) in [6, 6.07) is 10.9. The van der Waals surface area contributed by atoms with E-state index in [2.05, 4.69) is 15.5 Å². The van der Waals surface area contributed by atoms with Crippen molar-refractivity contribution in [3.63, 3.8) is 0 Å². The van der Waals surface area contributed by atoms with Gasteiger partial charge < -0.3 is 25.4 Å². The number of primary amides is 1. The van der Waals surface area contributed by atoms with Gasteiger partial charge in [-0.05, 0) is 56.2 Å². The van der Waals surface area contributed by atoms with Crippen molar-refractivity contribution >= 4 is 28.1 Å². The largest absolute Gasteiger partial charge is 0.393 e. The summed E-state index contributed by atoms with van der Waals surface area (Å²) in [7, 11) is 0. The fourth-order valence-electron chi connectivity index (χ4n) is 3.75. The Hall–Kier alpha value is -3.67. The molecular formula is C26H26F2N4O4S. The van der Waals surface area contributed by atoms with Crippen LogP contribution in [-0.4, -0.2) is 33.9 Å². The van der Waals surface area contributed by atoms with Crippen LogP contribution in [0.1, 0.15) is 40.0 Å². The van der Waals surface area contributed by atoms with Crippen molar-refractivity contribution in [1.29, 1.82) is 0 Å². The Labute approximate surface area is 216 Å². The summed E-state index contributed by atoms with van der Waals surface area (Å²) < 4.78 is 40.3. The van der Waals surface area contributed by atoms with Crippen molar-refractivity contribution in [2.75, 3.05) is 11.9 Å². The highest BCUT2D eigenvalue weighted by Crippen LogP contribution is 2.39. The van der Waals surface area contributed by atoms with Gasteiger partial charge in [-0.25, -0.2) is 13.8 Å². The van der Waals surface area contributed by atoms with E-state index < -0.39 is 23.6 Å². The minimum Gasteiger partial charge on any atom is -0.393 e. The summed E-state index contributed by atoms with van der Waals surface area (Å²) in [4.78, 5) is 16.8. The molecule has 4 rings (SSSR count). The smallest absolute Gasteiger partial charge is 0.251 e. The first kappa shape index (κ1) is 26.4. The fraction of sp³-hybridized carbons (Fsp3) is 0.269. The van der Waals surface area contributed by atoms with Gasteiger partial charge in [0.2, 0.25) is 0 Å². The first-order valence-corrected chi connectivity index (χ1v) is 12.3. The zero-order valence-corrected chi connectivity index (χ0v) is 21.1. The molecule has 1 atom stereocenters.